The van der Waals surface area contributed by atoms with Crippen molar-refractivity contribution in [1.82, 2.24) is 5.32 Å². The van der Waals surface area contributed by atoms with E-state index in [0.717, 1.165) is 19.5 Å². The van der Waals surface area contributed by atoms with Crippen molar-refractivity contribution in [2.45, 2.75) is 38.0 Å². The molecule has 18 heavy (non-hydrogen) atoms. The molecule has 2 rings (SSSR count). The zero-order chi connectivity index (χ0) is 13.0. The summed E-state index contributed by atoms with van der Waals surface area (Å²) >= 11 is 5.36. The summed E-state index contributed by atoms with van der Waals surface area (Å²) in [5, 5.41) is 3.13. The van der Waals surface area contributed by atoms with Gasteiger partial charge in [0.05, 0.1) is 10.3 Å². The van der Waals surface area contributed by atoms with Gasteiger partial charge in [-0.1, -0.05) is 13.3 Å². The first-order valence-corrected chi connectivity index (χ1v) is 8.07. The monoisotopic (exact) mass is 329 g/mol. The minimum absolute atomic E-state index is 0.245. The molecule has 0 amide bonds. The molecule has 0 bridgehead atoms. The molecule has 3 nitrogen and oxygen atoms in total. The summed E-state index contributed by atoms with van der Waals surface area (Å²) < 4.78 is 1.20. The summed E-state index contributed by atoms with van der Waals surface area (Å²) in [5.41, 5.74) is 6.11. The van der Waals surface area contributed by atoms with Gasteiger partial charge in [-0.2, -0.15) is 0 Å². The van der Waals surface area contributed by atoms with Gasteiger partial charge >= 0.3 is 0 Å². The number of halogens is 1. The average molecular weight is 330 g/mol. The van der Waals surface area contributed by atoms with Gasteiger partial charge in [0, 0.05) is 16.8 Å². The number of guanidine groups is 1. The van der Waals surface area contributed by atoms with Crippen LogP contribution in [0.25, 0.3) is 0 Å². The second kappa shape index (κ2) is 6.06. The van der Waals surface area contributed by atoms with E-state index in [9.17, 15) is 0 Å². The highest BCUT2D eigenvalue weighted by atomic mass is 79.9. The Kier molecular flexibility index (Phi) is 4.67. The van der Waals surface area contributed by atoms with Crippen LogP contribution in [0.1, 0.15) is 37.5 Å². The molecular formula is C13H20BrN3S. The third kappa shape index (κ3) is 3.06. The maximum atomic E-state index is 5.86. The number of hydrogen-bond donors (Lipinski definition) is 2. The third-order valence-corrected chi connectivity index (χ3v) is 5.38. The van der Waals surface area contributed by atoms with Crippen molar-refractivity contribution >= 4 is 33.2 Å². The van der Waals surface area contributed by atoms with E-state index in [0.29, 0.717) is 5.96 Å². The first-order valence-electron chi connectivity index (χ1n) is 6.46. The fourth-order valence-electron chi connectivity index (χ4n) is 2.23. The zero-order valence-corrected chi connectivity index (χ0v) is 13.1. The molecule has 0 aromatic carbocycles. The molecule has 0 aliphatic heterocycles. The van der Waals surface area contributed by atoms with Gasteiger partial charge in [0.2, 0.25) is 0 Å². The van der Waals surface area contributed by atoms with Crippen LogP contribution in [0.4, 0.5) is 0 Å². The second-order valence-electron chi connectivity index (χ2n) is 4.87. The number of thiophene rings is 1. The van der Waals surface area contributed by atoms with Gasteiger partial charge in [0.15, 0.2) is 5.96 Å². The first kappa shape index (κ1) is 13.9. The number of rotatable bonds is 5. The van der Waals surface area contributed by atoms with Gasteiger partial charge in [0.1, 0.15) is 0 Å². The summed E-state index contributed by atoms with van der Waals surface area (Å²) in [6, 6.07) is 4.35. The first-order chi connectivity index (χ1) is 8.66. The van der Waals surface area contributed by atoms with Crippen LogP contribution in [0.5, 0.6) is 0 Å². The topological polar surface area (TPSA) is 50.4 Å². The van der Waals surface area contributed by atoms with E-state index in [1.165, 1.54) is 27.9 Å². The van der Waals surface area contributed by atoms with Crippen LogP contribution in [0.3, 0.4) is 0 Å². The maximum Gasteiger partial charge on any atom is 0.188 e. The van der Waals surface area contributed by atoms with Crippen LogP contribution < -0.4 is 11.1 Å². The average Bonchev–Trinajstić information content (AvgIpc) is 2.72. The van der Waals surface area contributed by atoms with E-state index in [4.69, 9.17) is 5.73 Å². The van der Waals surface area contributed by atoms with Gasteiger partial charge in [-0.15, -0.1) is 11.3 Å². The molecule has 1 saturated carbocycles. The van der Waals surface area contributed by atoms with Crippen molar-refractivity contribution in [1.29, 1.82) is 0 Å². The predicted octanol–water partition coefficient (Wildman–Crippen LogP) is 3.25. The Labute approximate surface area is 121 Å². The van der Waals surface area contributed by atoms with Crippen LogP contribution in [-0.4, -0.2) is 19.0 Å². The summed E-state index contributed by atoms with van der Waals surface area (Å²) in [6.45, 7) is 3.83. The number of nitrogens with zero attached hydrogens (tertiary/aromatic N) is 1. The lowest BCUT2D eigenvalue weighted by Crippen LogP contribution is -2.39. The fraction of sp³-hybridized carbons (Fsp3) is 0.615. The van der Waals surface area contributed by atoms with Gasteiger partial charge in [-0.25, -0.2) is 0 Å². The summed E-state index contributed by atoms with van der Waals surface area (Å²) in [4.78, 5) is 5.95. The van der Waals surface area contributed by atoms with Gasteiger partial charge in [-0.3, -0.25) is 4.99 Å². The number of nitrogens with two attached hydrogens (primary N) is 1. The SMILES string of the molecule is CCCNC(N)=NCC1(c2ccc(Br)s2)CCC1. The third-order valence-electron chi connectivity index (χ3n) is 3.51. The lowest BCUT2D eigenvalue weighted by Gasteiger charge is -2.40. The molecule has 0 saturated heterocycles. The zero-order valence-electron chi connectivity index (χ0n) is 10.7. The van der Waals surface area contributed by atoms with E-state index in [2.05, 4.69) is 45.3 Å². The molecule has 100 valence electrons. The van der Waals surface area contributed by atoms with Gasteiger partial charge in [-0.05, 0) is 47.3 Å². The minimum atomic E-state index is 0.245. The van der Waals surface area contributed by atoms with Crippen molar-refractivity contribution in [2.75, 3.05) is 13.1 Å². The van der Waals surface area contributed by atoms with E-state index in [1.54, 1.807) is 0 Å². The van der Waals surface area contributed by atoms with E-state index >= 15 is 0 Å². The molecule has 1 aliphatic carbocycles. The van der Waals surface area contributed by atoms with Crippen molar-refractivity contribution in [3.8, 4) is 0 Å². The van der Waals surface area contributed by atoms with Crippen LogP contribution >= 0.6 is 27.3 Å². The fourth-order valence-corrected chi connectivity index (χ4v) is 3.85. The summed E-state index contributed by atoms with van der Waals surface area (Å²) in [6.07, 6.45) is 4.82. The van der Waals surface area contributed by atoms with Gasteiger partial charge in [0.25, 0.3) is 0 Å². The maximum absolute atomic E-state index is 5.86. The lowest BCUT2D eigenvalue weighted by molar-refractivity contribution is 0.259. The molecule has 1 aromatic heterocycles. The lowest BCUT2D eigenvalue weighted by atomic mass is 9.68. The Morgan fingerprint density at radius 3 is 2.83 bits per heavy atom. The van der Waals surface area contributed by atoms with E-state index in [1.807, 2.05) is 11.3 Å². The standard InChI is InChI=1S/C13H20BrN3S/c1-2-8-16-12(15)17-9-13(6-3-7-13)10-4-5-11(14)18-10/h4-5H,2-3,6-9H2,1H3,(H3,15,16,17). The highest BCUT2D eigenvalue weighted by Crippen LogP contribution is 2.47. The highest BCUT2D eigenvalue weighted by molar-refractivity contribution is 9.11. The molecule has 3 N–H and O–H groups in total. The Bertz CT molecular complexity index is 424. The Morgan fingerprint density at radius 1 is 1.56 bits per heavy atom. The van der Waals surface area contributed by atoms with Crippen LogP contribution in [0, 0.1) is 0 Å². The van der Waals surface area contributed by atoms with E-state index in [-0.39, 0.29) is 5.41 Å². The van der Waals surface area contributed by atoms with Crippen molar-refractivity contribution in [2.24, 2.45) is 10.7 Å². The normalized spacial score (nSPS) is 18.4. The minimum Gasteiger partial charge on any atom is -0.370 e. The number of aliphatic imine (C=N–C) groups is 1. The van der Waals surface area contributed by atoms with Crippen molar-refractivity contribution in [3.63, 3.8) is 0 Å². The molecule has 1 aromatic rings. The van der Waals surface area contributed by atoms with E-state index < -0.39 is 0 Å². The second-order valence-corrected chi connectivity index (χ2v) is 7.33. The summed E-state index contributed by atoms with van der Waals surface area (Å²) in [7, 11) is 0. The molecule has 1 aliphatic rings. The quantitative estimate of drug-likeness (QED) is 0.643. The van der Waals surface area contributed by atoms with Crippen LogP contribution in [0.15, 0.2) is 20.9 Å². The molecule has 0 atom stereocenters. The van der Waals surface area contributed by atoms with Crippen LogP contribution in [-0.2, 0) is 5.41 Å². The predicted molar refractivity (Wildman–Crippen MR) is 82.3 cm³/mol. The van der Waals surface area contributed by atoms with Crippen molar-refractivity contribution < 1.29 is 0 Å². The van der Waals surface area contributed by atoms with Crippen LogP contribution in [0.2, 0.25) is 0 Å². The molecule has 0 unspecified atom stereocenters. The Morgan fingerprint density at radius 2 is 2.33 bits per heavy atom. The Balaban J connectivity index is 2.01. The Hall–Kier alpha value is -0.550. The van der Waals surface area contributed by atoms with Crippen molar-refractivity contribution in [3.05, 3.63) is 20.8 Å². The highest BCUT2D eigenvalue weighted by Gasteiger charge is 2.39. The number of hydrogen-bond acceptors (Lipinski definition) is 2. The largest absolute Gasteiger partial charge is 0.370 e. The molecule has 5 heteroatoms. The smallest absolute Gasteiger partial charge is 0.188 e. The summed E-state index contributed by atoms with van der Waals surface area (Å²) in [5.74, 6) is 0.582. The molecule has 0 spiro atoms. The van der Waals surface area contributed by atoms with Gasteiger partial charge < -0.3 is 11.1 Å². The molecular weight excluding hydrogens is 310 g/mol. The molecule has 1 fully saturated rings. The molecule has 1 heterocycles. The molecule has 0 radical (unpaired) electrons. The number of nitrogens with one attached hydrogen (secondary N) is 1.